The van der Waals surface area contributed by atoms with Crippen LogP contribution >= 0.6 is 0 Å². The van der Waals surface area contributed by atoms with Gasteiger partial charge in [0.05, 0.1) is 30.2 Å². The highest BCUT2D eigenvalue weighted by Gasteiger charge is 2.27. The van der Waals surface area contributed by atoms with Crippen LogP contribution in [0.1, 0.15) is 10.4 Å². The van der Waals surface area contributed by atoms with Crippen molar-refractivity contribution >= 4 is 37.8 Å². The average molecular weight is 407 g/mol. The molecule has 148 valence electrons. The maximum Gasteiger partial charge on any atom is 0.337 e. The second-order valence-electron chi connectivity index (χ2n) is 6.38. The normalized spacial score (nSPS) is 15.8. The fraction of sp³-hybridized carbons (Fsp3) is 0.294. The Labute approximate surface area is 158 Å². The standard InChI is InChI=1S/C17H17N3O7S/c1-20(8-13-26-4-5-27-13)28(24,25)9-2-3-12-10(6-9)14-11(17(22)23)7-18-15(14)16(21)19-12/h2-3,6-7,13,18H,4-5,8H2,1H3,(H,19,21)(H,22,23). The summed E-state index contributed by atoms with van der Waals surface area (Å²) >= 11 is 0. The van der Waals surface area contributed by atoms with Crippen molar-refractivity contribution in [2.75, 3.05) is 26.8 Å². The highest BCUT2D eigenvalue weighted by Crippen LogP contribution is 2.28. The van der Waals surface area contributed by atoms with Crippen LogP contribution in [0.5, 0.6) is 0 Å². The van der Waals surface area contributed by atoms with E-state index in [0.717, 1.165) is 4.31 Å². The van der Waals surface area contributed by atoms with E-state index in [2.05, 4.69) is 9.97 Å². The molecule has 3 heterocycles. The largest absolute Gasteiger partial charge is 0.478 e. The summed E-state index contributed by atoms with van der Waals surface area (Å²) in [6.07, 6.45) is 0.579. The van der Waals surface area contributed by atoms with Gasteiger partial charge in [0, 0.05) is 29.5 Å². The second kappa shape index (κ2) is 6.71. The van der Waals surface area contributed by atoms with Crippen molar-refractivity contribution in [3.8, 4) is 0 Å². The minimum Gasteiger partial charge on any atom is -0.478 e. The molecule has 3 N–H and O–H groups in total. The van der Waals surface area contributed by atoms with E-state index in [4.69, 9.17) is 9.47 Å². The Hall–Kier alpha value is -2.73. The summed E-state index contributed by atoms with van der Waals surface area (Å²) in [6.45, 7) is 0.836. The second-order valence-corrected chi connectivity index (χ2v) is 8.42. The molecule has 1 fully saturated rings. The van der Waals surface area contributed by atoms with Gasteiger partial charge in [-0.15, -0.1) is 0 Å². The fourth-order valence-electron chi connectivity index (χ4n) is 3.24. The molecule has 0 aliphatic carbocycles. The molecule has 1 aliphatic heterocycles. The Morgan fingerprint density at radius 3 is 2.71 bits per heavy atom. The molecule has 1 aromatic carbocycles. The number of pyridine rings is 1. The number of benzene rings is 1. The number of aromatic carboxylic acids is 1. The molecule has 3 aromatic rings. The van der Waals surface area contributed by atoms with E-state index in [1.807, 2.05) is 0 Å². The number of hydrogen-bond donors (Lipinski definition) is 3. The van der Waals surface area contributed by atoms with Gasteiger partial charge >= 0.3 is 5.97 Å². The third-order valence-electron chi connectivity index (χ3n) is 4.65. The number of rotatable bonds is 5. The van der Waals surface area contributed by atoms with Crippen LogP contribution in [-0.4, -0.2) is 66.9 Å². The topological polar surface area (TPSA) is 142 Å². The van der Waals surface area contributed by atoms with Gasteiger partial charge in [-0.05, 0) is 18.2 Å². The summed E-state index contributed by atoms with van der Waals surface area (Å²) in [5, 5.41) is 9.89. The Morgan fingerprint density at radius 1 is 1.32 bits per heavy atom. The molecule has 0 atom stereocenters. The van der Waals surface area contributed by atoms with Gasteiger partial charge in [-0.25, -0.2) is 13.2 Å². The van der Waals surface area contributed by atoms with Crippen LogP contribution in [0.2, 0.25) is 0 Å². The van der Waals surface area contributed by atoms with E-state index in [1.165, 1.54) is 31.4 Å². The molecule has 4 rings (SSSR count). The average Bonchev–Trinajstić information content (AvgIpc) is 3.31. The van der Waals surface area contributed by atoms with Crippen LogP contribution in [0.3, 0.4) is 0 Å². The quantitative estimate of drug-likeness (QED) is 0.565. The highest BCUT2D eigenvalue weighted by molar-refractivity contribution is 7.89. The molecule has 10 nitrogen and oxygen atoms in total. The number of carbonyl (C=O) groups is 1. The maximum absolute atomic E-state index is 12.9. The molecule has 0 saturated carbocycles. The number of aromatic amines is 2. The number of H-pyrrole nitrogens is 2. The van der Waals surface area contributed by atoms with Crippen molar-refractivity contribution in [1.29, 1.82) is 0 Å². The zero-order valence-electron chi connectivity index (χ0n) is 14.8. The predicted molar refractivity (Wildman–Crippen MR) is 98.9 cm³/mol. The van der Waals surface area contributed by atoms with Gasteiger partial charge in [-0.2, -0.15) is 4.31 Å². The van der Waals surface area contributed by atoms with Crippen molar-refractivity contribution in [2.45, 2.75) is 11.2 Å². The third-order valence-corrected chi connectivity index (χ3v) is 6.47. The van der Waals surface area contributed by atoms with Gasteiger partial charge in [-0.1, -0.05) is 0 Å². The fourth-order valence-corrected chi connectivity index (χ4v) is 4.42. The number of fused-ring (bicyclic) bond motifs is 3. The summed E-state index contributed by atoms with van der Waals surface area (Å²) < 4.78 is 37.6. The van der Waals surface area contributed by atoms with Gasteiger partial charge in [0.1, 0.15) is 5.52 Å². The van der Waals surface area contributed by atoms with E-state index in [0.29, 0.717) is 24.1 Å². The molecule has 11 heteroatoms. The van der Waals surface area contributed by atoms with E-state index in [1.54, 1.807) is 0 Å². The predicted octanol–water partition coefficient (Wildman–Crippen LogP) is 0.701. The first kappa shape index (κ1) is 18.6. The molecule has 0 spiro atoms. The number of ether oxygens (including phenoxy) is 2. The smallest absolute Gasteiger partial charge is 0.337 e. The minimum atomic E-state index is -3.89. The summed E-state index contributed by atoms with van der Waals surface area (Å²) in [4.78, 5) is 28.9. The molecule has 2 aromatic heterocycles. The molecule has 0 radical (unpaired) electrons. The van der Waals surface area contributed by atoms with Crippen LogP contribution in [0.4, 0.5) is 0 Å². The Bertz CT molecular complexity index is 1240. The Kier molecular flexibility index (Phi) is 4.46. The van der Waals surface area contributed by atoms with Crippen LogP contribution in [-0.2, 0) is 19.5 Å². The van der Waals surface area contributed by atoms with Crippen molar-refractivity contribution in [2.24, 2.45) is 0 Å². The first-order valence-corrected chi connectivity index (χ1v) is 9.83. The number of nitrogens with zero attached hydrogens (tertiary/aromatic N) is 1. The first-order chi connectivity index (χ1) is 13.3. The minimum absolute atomic E-state index is 0.0198. The van der Waals surface area contributed by atoms with E-state index in [9.17, 15) is 23.1 Å². The summed E-state index contributed by atoms with van der Waals surface area (Å²) in [6, 6.07) is 4.16. The number of carboxylic acids is 1. The van der Waals surface area contributed by atoms with Crippen molar-refractivity contribution < 1.29 is 27.8 Å². The zero-order valence-corrected chi connectivity index (χ0v) is 15.6. The van der Waals surface area contributed by atoms with E-state index >= 15 is 0 Å². The molecular formula is C17H17N3O7S. The van der Waals surface area contributed by atoms with Crippen LogP contribution in [0.25, 0.3) is 21.8 Å². The van der Waals surface area contributed by atoms with E-state index in [-0.39, 0.29) is 27.9 Å². The zero-order chi connectivity index (χ0) is 20.1. The van der Waals surface area contributed by atoms with E-state index < -0.39 is 27.8 Å². The van der Waals surface area contributed by atoms with Crippen LogP contribution < -0.4 is 5.56 Å². The van der Waals surface area contributed by atoms with Crippen LogP contribution in [0, 0.1) is 0 Å². The number of nitrogens with one attached hydrogen (secondary N) is 2. The molecule has 1 saturated heterocycles. The molecular weight excluding hydrogens is 390 g/mol. The SMILES string of the molecule is CN(CC1OCCO1)S(=O)(=O)c1ccc2[nH]c(=O)c3[nH]cc(C(=O)O)c3c2c1. The van der Waals surface area contributed by atoms with Gasteiger partial charge < -0.3 is 24.5 Å². The summed E-state index contributed by atoms with van der Waals surface area (Å²) in [5.41, 5.74) is -0.191. The van der Waals surface area contributed by atoms with Crippen LogP contribution in [0.15, 0.2) is 34.1 Å². The Morgan fingerprint density at radius 2 is 2.04 bits per heavy atom. The van der Waals surface area contributed by atoms with Crippen molar-refractivity contribution in [3.63, 3.8) is 0 Å². The number of hydrogen-bond acceptors (Lipinski definition) is 6. The van der Waals surface area contributed by atoms with Crippen molar-refractivity contribution in [1.82, 2.24) is 14.3 Å². The summed E-state index contributed by atoms with van der Waals surface area (Å²) in [7, 11) is -2.48. The maximum atomic E-state index is 12.9. The van der Waals surface area contributed by atoms with Gasteiger partial charge in [0.2, 0.25) is 10.0 Å². The summed E-state index contributed by atoms with van der Waals surface area (Å²) in [5.74, 6) is -1.22. The molecule has 0 amide bonds. The lowest BCUT2D eigenvalue weighted by atomic mass is 10.1. The van der Waals surface area contributed by atoms with Gasteiger partial charge in [0.25, 0.3) is 5.56 Å². The lowest BCUT2D eigenvalue weighted by Crippen LogP contribution is -2.34. The number of aromatic nitrogens is 2. The number of carboxylic acid groups (broad SMARTS) is 1. The highest BCUT2D eigenvalue weighted by atomic mass is 32.2. The first-order valence-electron chi connectivity index (χ1n) is 8.39. The van der Waals surface area contributed by atoms with Crippen molar-refractivity contribution in [3.05, 3.63) is 40.3 Å². The monoisotopic (exact) mass is 407 g/mol. The molecule has 0 unspecified atom stereocenters. The number of likely N-dealkylation sites (N-methyl/N-ethyl adjacent to an activating group) is 1. The Balaban J connectivity index is 1.85. The molecule has 0 bridgehead atoms. The molecule has 28 heavy (non-hydrogen) atoms. The van der Waals surface area contributed by atoms with Gasteiger partial charge in [-0.3, -0.25) is 4.79 Å². The lowest BCUT2D eigenvalue weighted by molar-refractivity contribution is -0.0482. The lowest BCUT2D eigenvalue weighted by Gasteiger charge is -2.20. The number of sulfonamides is 1. The van der Waals surface area contributed by atoms with Gasteiger partial charge in [0.15, 0.2) is 6.29 Å². The molecule has 1 aliphatic rings. The third kappa shape index (κ3) is 2.98.